The average Bonchev–Trinajstić information content (AvgIpc) is 2.04. The first kappa shape index (κ1) is 10.1. The molecule has 0 atom stereocenters. The lowest BCUT2D eigenvalue weighted by Crippen LogP contribution is -2.26. The lowest BCUT2D eigenvalue weighted by Gasteiger charge is -1.93. The van der Waals surface area contributed by atoms with Gasteiger partial charge in [-0.2, -0.15) is 5.26 Å². The smallest absolute Gasteiger partial charge is 0.332 e. The second kappa shape index (κ2) is 4.85. The molecule has 0 saturated heterocycles. The van der Waals surface area contributed by atoms with E-state index in [1.165, 1.54) is 13.1 Å². The Morgan fingerprint density at radius 2 is 2.17 bits per heavy atom. The third-order valence-corrected chi connectivity index (χ3v) is 0.814. The van der Waals surface area contributed by atoms with Gasteiger partial charge in [-0.05, 0) is 0 Å². The van der Waals surface area contributed by atoms with E-state index in [1.54, 1.807) is 0 Å². The van der Waals surface area contributed by atoms with Gasteiger partial charge in [0.2, 0.25) is 5.71 Å². The average molecular weight is 169 g/mol. The highest BCUT2D eigenvalue weighted by molar-refractivity contribution is 6.44. The minimum Gasteiger partial charge on any atom is -0.353 e. The molecule has 1 amide bonds. The molecular formula is C6H7N3O3. The molecule has 6 nitrogen and oxygen atoms in total. The predicted molar refractivity (Wildman–Crippen MR) is 38.9 cm³/mol. The Kier molecular flexibility index (Phi) is 4.08. The molecule has 0 bridgehead atoms. The van der Waals surface area contributed by atoms with Gasteiger partial charge in [-0.3, -0.25) is 4.79 Å². The summed E-state index contributed by atoms with van der Waals surface area (Å²) in [4.78, 5) is 25.0. The Morgan fingerprint density at radius 3 is 2.50 bits per heavy atom. The summed E-state index contributed by atoms with van der Waals surface area (Å²) in [6, 6.07) is 1.47. The fourth-order valence-corrected chi connectivity index (χ4v) is 0.341. The summed E-state index contributed by atoms with van der Waals surface area (Å²) >= 11 is 0. The second-order valence-corrected chi connectivity index (χ2v) is 1.71. The van der Waals surface area contributed by atoms with Crippen molar-refractivity contribution in [3.63, 3.8) is 0 Å². The molecular weight excluding hydrogens is 162 g/mol. The molecule has 12 heavy (non-hydrogen) atoms. The van der Waals surface area contributed by atoms with Gasteiger partial charge in [-0.25, -0.2) is 4.79 Å². The number of nitriles is 1. The van der Waals surface area contributed by atoms with E-state index in [-0.39, 0.29) is 0 Å². The van der Waals surface area contributed by atoms with Crippen molar-refractivity contribution in [2.45, 2.75) is 6.92 Å². The summed E-state index contributed by atoms with van der Waals surface area (Å²) in [6.07, 6.45) is 0. The molecule has 0 aromatic carbocycles. The van der Waals surface area contributed by atoms with Crippen LogP contribution in [-0.4, -0.2) is 24.6 Å². The van der Waals surface area contributed by atoms with Crippen LogP contribution >= 0.6 is 0 Å². The molecule has 0 fully saturated rings. The summed E-state index contributed by atoms with van der Waals surface area (Å²) < 4.78 is 0. The lowest BCUT2D eigenvalue weighted by molar-refractivity contribution is -0.140. The monoisotopic (exact) mass is 169 g/mol. The van der Waals surface area contributed by atoms with Gasteiger partial charge in [0.15, 0.2) is 0 Å². The molecule has 0 spiro atoms. The van der Waals surface area contributed by atoms with Crippen LogP contribution in [0.5, 0.6) is 0 Å². The van der Waals surface area contributed by atoms with Crippen LogP contribution in [0, 0.1) is 11.3 Å². The van der Waals surface area contributed by atoms with Gasteiger partial charge in [0.05, 0.1) is 0 Å². The second-order valence-electron chi connectivity index (χ2n) is 1.71. The Labute approximate surface area is 68.8 Å². The zero-order chi connectivity index (χ0) is 9.56. The molecule has 0 aliphatic heterocycles. The van der Waals surface area contributed by atoms with Gasteiger partial charge in [0, 0.05) is 14.0 Å². The zero-order valence-electron chi connectivity index (χ0n) is 6.62. The van der Waals surface area contributed by atoms with Crippen LogP contribution in [0.1, 0.15) is 6.92 Å². The minimum absolute atomic E-state index is 0.493. The van der Waals surface area contributed by atoms with Gasteiger partial charge in [-0.1, -0.05) is 5.16 Å². The maximum atomic E-state index is 10.7. The minimum atomic E-state index is -0.696. The van der Waals surface area contributed by atoms with Gasteiger partial charge in [-0.15, -0.1) is 0 Å². The maximum absolute atomic E-state index is 10.7. The Morgan fingerprint density at radius 1 is 1.58 bits per heavy atom. The van der Waals surface area contributed by atoms with E-state index >= 15 is 0 Å². The highest BCUT2D eigenvalue weighted by Gasteiger charge is 2.08. The number of rotatable bonds is 2. The highest BCUT2D eigenvalue weighted by atomic mass is 16.7. The molecule has 0 saturated carbocycles. The van der Waals surface area contributed by atoms with Crippen LogP contribution in [0.25, 0.3) is 0 Å². The van der Waals surface area contributed by atoms with Gasteiger partial charge < -0.3 is 10.2 Å². The first-order valence-electron chi connectivity index (χ1n) is 2.99. The van der Waals surface area contributed by atoms with E-state index in [0.29, 0.717) is 0 Å². The summed E-state index contributed by atoms with van der Waals surface area (Å²) in [5, 5.41) is 13.5. The number of hydrogen-bond acceptors (Lipinski definition) is 5. The van der Waals surface area contributed by atoms with Crippen LogP contribution < -0.4 is 5.32 Å². The topological polar surface area (TPSA) is 91.6 Å². The van der Waals surface area contributed by atoms with Crippen molar-refractivity contribution >= 4 is 17.6 Å². The van der Waals surface area contributed by atoms with Crippen molar-refractivity contribution in [2.75, 3.05) is 7.05 Å². The van der Waals surface area contributed by atoms with Gasteiger partial charge in [0.1, 0.15) is 6.07 Å². The third-order valence-electron chi connectivity index (χ3n) is 0.814. The number of nitrogens with one attached hydrogen (secondary N) is 1. The van der Waals surface area contributed by atoms with E-state index in [2.05, 4.69) is 15.3 Å². The third kappa shape index (κ3) is 3.31. The molecule has 0 aliphatic rings. The van der Waals surface area contributed by atoms with Gasteiger partial charge >= 0.3 is 5.97 Å². The van der Waals surface area contributed by atoms with Crippen molar-refractivity contribution < 1.29 is 14.4 Å². The highest BCUT2D eigenvalue weighted by Crippen LogP contribution is 1.82. The standard InChI is InChI=1S/C6H7N3O3/c1-4(10)12-9-5(3-7)6(11)8-2/h1-2H3,(H,8,11). The molecule has 64 valence electrons. The Bertz CT molecular complexity index is 264. The number of carbonyl (C=O) groups is 2. The molecule has 1 N–H and O–H groups in total. The molecule has 0 heterocycles. The molecule has 6 heteroatoms. The van der Waals surface area contributed by atoms with Crippen molar-refractivity contribution in [1.29, 1.82) is 5.26 Å². The summed E-state index contributed by atoms with van der Waals surface area (Å²) in [7, 11) is 1.34. The van der Waals surface area contributed by atoms with Crippen molar-refractivity contribution in [3.8, 4) is 6.07 Å². The number of oxime groups is 1. The van der Waals surface area contributed by atoms with Crippen LogP contribution in [0.15, 0.2) is 5.16 Å². The first-order valence-corrected chi connectivity index (χ1v) is 2.99. The van der Waals surface area contributed by atoms with Crippen molar-refractivity contribution in [1.82, 2.24) is 5.32 Å². The Hall–Kier alpha value is -1.90. The molecule has 0 radical (unpaired) electrons. The van der Waals surface area contributed by atoms with Crippen molar-refractivity contribution in [3.05, 3.63) is 0 Å². The van der Waals surface area contributed by atoms with E-state index in [0.717, 1.165) is 6.92 Å². The number of carbonyl (C=O) groups excluding carboxylic acids is 2. The van der Waals surface area contributed by atoms with E-state index in [1.807, 2.05) is 0 Å². The van der Waals surface area contributed by atoms with Crippen LogP contribution in [0.2, 0.25) is 0 Å². The molecule has 0 rings (SSSR count). The van der Waals surface area contributed by atoms with Crippen LogP contribution in [0.4, 0.5) is 0 Å². The number of hydrogen-bond donors (Lipinski definition) is 1. The molecule has 0 aromatic heterocycles. The van der Waals surface area contributed by atoms with Gasteiger partial charge in [0.25, 0.3) is 5.91 Å². The SMILES string of the molecule is CNC(=O)C(C#N)=NOC(C)=O. The number of amides is 1. The predicted octanol–water partition coefficient (Wildman–Crippen LogP) is -0.825. The van der Waals surface area contributed by atoms with Crippen LogP contribution in [-0.2, 0) is 14.4 Å². The zero-order valence-corrected chi connectivity index (χ0v) is 6.62. The fourth-order valence-electron chi connectivity index (χ4n) is 0.341. The molecule has 0 aromatic rings. The maximum Gasteiger partial charge on any atom is 0.332 e. The van der Waals surface area contributed by atoms with E-state index in [9.17, 15) is 9.59 Å². The van der Waals surface area contributed by atoms with Crippen LogP contribution in [0.3, 0.4) is 0 Å². The largest absolute Gasteiger partial charge is 0.353 e. The normalized spacial score (nSPS) is 9.92. The lowest BCUT2D eigenvalue weighted by atomic mass is 10.4. The molecule has 0 aliphatic carbocycles. The first-order chi connectivity index (χ1) is 5.61. The Balaban J connectivity index is 4.36. The van der Waals surface area contributed by atoms with E-state index < -0.39 is 17.6 Å². The summed E-state index contributed by atoms with van der Waals surface area (Å²) in [5.74, 6) is -1.38. The fraction of sp³-hybridized carbons (Fsp3) is 0.333. The quantitative estimate of drug-likeness (QED) is 0.332. The summed E-state index contributed by atoms with van der Waals surface area (Å²) in [6.45, 7) is 1.11. The number of nitrogens with zero attached hydrogens (tertiary/aromatic N) is 2. The van der Waals surface area contributed by atoms with Crippen molar-refractivity contribution in [2.24, 2.45) is 5.16 Å². The summed E-state index contributed by atoms with van der Waals surface area (Å²) in [5.41, 5.74) is -0.493. The molecule has 0 unspecified atom stereocenters. The van der Waals surface area contributed by atoms with E-state index in [4.69, 9.17) is 5.26 Å².